The fraction of sp³-hybridized carbons (Fsp3) is 0.160. The summed E-state index contributed by atoms with van der Waals surface area (Å²) in [6.07, 6.45) is 0. The molecule has 4 nitrogen and oxygen atoms in total. The highest BCUT2D eigenvalue weighted by Gasteiger charge is 2.19. The molecular weight excluding hydrogens is 400 g/mol. The molecule has 0 fully saturated rings. The number of benzene rings is 3. The Labute approximate surface area is 179 Å². The van der Waals surface area contributed by atoms with E-state index >= 15 is 0 Å². The van der Waals surface area contributed by atoms with E-state index < -0.39 is 0 Å². The van der Waals surface area contributed by atoms with Gasteiger partial charge in [0.25, 0.3) is 0 Å². The van der Waals surface area contributed by atoms with E-state index in [1.54, 1.807) is 19.2 Å². The van der Waals surface area contributed by atoms with Crippen molar-refractivity contribution in [2.45, 2.75) is 20.5 Å². The average Bonchev–Trinajstić information content (AvgIpc) is 2.74. The van der Waals surface area contributed by atoms with Crippen LogP contribution in [0.3, 0.4) is 0 Å². The molecule has 0 atom stereocenters. The lowest BCUT2D eigenvalue weighted by Crippen LogP contribution is -2.10. The second-order valence-corrected chi connectivity index (χ2v) is 7.60. The van der Waals surface area contributed by atoms with Gasteiger partial charge in [-0.25, -0.2) is 0 Å². The summed E-state index contributed by atoms with van der Waals surface area (Å²) in [5, 5.41) is 0.902. The third-order valence-corrected chi connectivity index (χ3v) is 5.36. The molecule has 5 heteroatoms. The molecule has 0 N–H and O–H groups in total. The molecule has 3 aromatic carbocycles. The van der Waals surface area contributed by atoms with Crippen molar-refractivity contribution < 1.29 is 13.9 Å². The molecule has 1 aromatic heterocycles. The van der Waals surface area contributed by atoms with Gasteiger partial charge in [-0.05, 0) is 61.4 Å². The van der Waals surface area contributed by atoms with E-state index in [0.717, 1.165) is 22.3 Å². The van der Waals surface area contributed by atoms with Crippen LogP contribution in [0, 0.1) is 13.8 Å². The molecule has 0 aliphatic carbocycles. The summed E-state index contributed by atoms with van der Waals surface area (Å²) in [4.78, 5) is 13.3. The first kappa shape index (κ1) is 20.0. The van der Waals surface area contributed by atoms with Crippen LogP contribution in [-0.4, -0.2) is 7.11 Å². The zero-order valence-electron chi connectivity index (χ0n) is 17.0. The van der Waals surface area contributed by atoms with E-state index in [4.69, 9.17) is 25.5 Å². The summed E-state index contributed by atoms with van der Waals surface area (Å²) in [5.74, 6) is 1.25. The minimum atomic E-state index is -0.253. The second-order valence-electron chi connectivity index (χ2n) is 7.19. The van der Waals surface area contributed by atoms with Gasteiger partial charge in [-0.15, -0.1) is 0 Å². The fourth-order valence-electron chi connectivity index (χ4n) is 3.32. The Morgan fingerprint density at radius 3 is 2.47 bits per heavy atom. The van der Waals surface area contributed by atoms with Crippen molar-refractivity contribution in [1.29, 1.82) is 0 Å². The van der Waals surface area contributed by atoms with Crippen LogP contribution in [0.5, 0.6) is 11.5 Å². The quantitative estimate of drug-likeness (QED) is 0.379. The predicted molar refractivity (Wildman–Crippen MR) is 120 cm³/mol. The Morgan fingerprint density at radius 2 is 1.77 bits per heavy atom. The highest BCUT2D eigenvalue weighted by molar-refractivity contribution is 6.32. The highest BCUT2D eigenvalue weighted by Crippen LogP contribution is 2.34. The summed E-state index contributed by atoms with van der Waals surface area (Å²) < 4.78 is 17.4. The Bertz CT molecular complexity index is 1270. The second kappa shape index (κ2) is 8.25. The largest absolute Gasteiger partial charge is 0.497 e. The van der Waals surface area contributed by atoms with Gasteiger partial charge in [0, 0.05) is 10.6 Å². The molecule has 1 heterocycles. The number of halogens is 1. The smallest absolute Gasteiger partial charge is 0.235 e. The number of fused-ring (bicyclic) bond motifs is 1. The average molecular weight is 421 g/mol. The van der Waals surface area contributed by atoms with Crippen LogP contribution in [0.15, 0.2) is 69.9 Å². The van der Waals surface area contributed by atoms with E-state index in [-0.39, 0.29) is 17.8 Å². The molecule has 0 saturated carbocycles. The molecule has 0 saturated heterocycles. The Balaban J connectivity index is 1.86. The number of methoxy groups -OCH3 is 1. The van der Waals surface area contributed by atoms with Crippen LogP contribution in [0.2, 0.25) is 5.02 Å². The van der Waals surface area contributed by atoms with Crippen molar-refractivity contribution in [3.63, 3.8) is 0 Å². The molecule has 0 amide bonds. The van der Waals surface area contributed by atoms with Gasteiger partial charge in [-0.3, -0.25) is 4.79 Å². The number of hydrogen-bond acceptors (Lipinski definition) is 4. The van der Waals surface area contributed by atoms with E-state index in [0.29, 0.717) is 27.5 Å². The fourth-order valence-corrected chi connectivity index (χ4v) is 3.48. The van der Waals surface area contributed by atoms with E-state index in [9.17, 15) is 4.79 Å². The number of aryl methyl sites for hydroxylation is 2. The van der Waals surface area contributed by atoms with Gasteiger partial charge in [-0.2, -0.15) is 0 Å². The molecule has 0 unspecified atom stereocenters. The topological polar surface area (TPSA) is 48.7 Å². The van der Waals surface area contributed by atoms with Gasteiger partial charge in [0.1, 0.15) is 17.9 Å². The summed E-state index contributed by atoms with van der Waals surface area (Å²) >= 11 is 6.26. The van der Waals surface area contributed by atoms with Crippen LogP contribution >= 0.6 is 11.6 Å². The predicted octanol–water partition coefficient (Wildman–Crippen LogP) is 6.32. The van der Waals surface area contributed by atoms with Crippen LogP contribution in [0.25, 0.3) is 22.3 Å². The molecule has 4 rings (SSSR count). The monoisotopic (exact) mass is 420 g/mol. The first-order valence-electron chi connectivity index (χ1n) is 9.56. The van der Waals surface area contributed by atoms with Crippen molar-refractivity contribution in [3.05, 3.63) is 92.6 Å². The molecule has 152 valence electrons. The van der Waals surface area contributed by atoms with Crippen molar-refractivity contribution in [2.24, 2.45) is 0 Å². The summed E-state index contributed by atoms with van der Waals surface area (Å²) in [6.45, 7) is 4.14. The molecule has 0 spiro atoms. The lowest BCUT2D eigenvalue weighted by atomic mass is 10.1. The number of ether oxygens (including phenoxy) is 2. The first-order valence-corrected chi connectivity index (χ1v) is 9.94. The molecule has 0 aliphatic rings. The molecular formula is C25H21ClO4. The molecule has 30 heavy (non-hydrogen) atoms. The van der Waals surface area contributed by atoms with Gasteiger partial charge >= 0.3 is 0 Å². The summed E-state index contributed by atoms with van der Waals surface area (Å²) in [7, 11) is 1.61. The maximum absolute atomic E-state index is 13.3. The minimum absolute atomic E-state index is 0.161. The normalized spacial score (nSPS) is 10.9. The van der Waals surface area contributed by atoms with Gasteiger partial charge in [-0.1, -0.05) is 41.4 Å². The van der Waals surface area contributed by atoms with Gasteiger partial charge in [0.05, 0.1) is 12.5 Å². The van der Waals surface area contributed by atoms with Crippen molar-refractivity contribution in [1.82, 2.24) is 0 Å². The van der Waals surface area contributed by atoms with Crippen molar-refractivity contribution in [2.75, 3.05) is 7.11 Å². The van der Waals surface area contributed by atoms with Crippen molar-refractivity contribution >= 4 is 22.6 Å². The molecule has 0 bridgehead atoms. The minimum Gasteiger partial charge on any atom is -0.497 e. The Hall–Kier alpha value is -3.24. The standard InChI is InChI=1S/C25H21ClO4/c1-15-5-4-6-17(11-15)14-29-25-23(27)20-13-21(26)16(2)12-22(20)30-24(25)18-7-9-19(28-3)10-8-18/h4-13H,14H2,1-3H3. The lowest BCUT2D eigenvalue weighted by molar-refractivity contribution is 0.298. The van der Waals surface area contributed by atoms with Gasteiger partial charge < -0.3 is 13.9 Å². The Morgan fingerprint density at radius 1 is 1.00 bits per heavy atom. The molecule has 4 aromatic rings. The molecule has 0 aliphatic heterocycles. The molecule has 0 radical (unpaired) electrons. The van der Waals surface area contributed by atoms with Gasteiger partial charge in [0.15, 0.2) is 5.76 Å². The highest BCUT2D eigenvalue weighted by atomic mass is 35.5. The number of hydrogen-bond donors (Lipinski definition) is 0. The maximum atomic E-state index is 13.3. The van der Waals surface area contributed by atoms with E-state index in [1.165, 1.54) is 0 Å². The third-order valence-electron chi connectivity index (χ3n) is 4.95. The van der Waals surface area contributed by atoms with Crippen molar-refractivity contribution in [3.8, 4) is 22.8 Å². The summed E-state index contributed by atoms with van der Waals surface area (Å²) in [6, 6.07) is 18.7. The first-order chi connectivity index (χ1) is 14.5. The van der Waals surface area contributed by atoms with E-state index in [2.05, 4.69) is 0 Å². The van der Waals surface area contributed by atoms with Crippen LogP contribution in [-0.2, 0) is 6.61 Å². The number of rotatable bonds is 5. The van der Waals surface area contributed by atoms with Crippen LogP contribution in [0.4, 0.5) is 0 Å². The SMILES string of the molecule is COc1ccc(-c2oc3cc(C)c(Cl)cc3c(=O)c2OCc2cccc(C)c2)cc1. The zero-order chi connectivity index (χ0) is 21.3. The maximum Gasteiger partial charge on any atom is 0.235 e. The van der Waals surface area contributed by atoms with E-state index in [1.807, 2.05) is 62.4 Å². The van der Waals surface area contributed by atoms with Crippen LogP contribution < -0.4 is 14.9 Å². The zero-order valence-corrected chi connectivity index (χ0v) is 17.7. The Kier molecular flexibility index (Phi) is 5.51. The third kappa shape index (κ3) is 3.91. The lowest BCUT2D eigenvalue weighted by Gasteiger charge is -2.13. The van der Waals surface area contributed by atoms with Gasteiger partial charge in [0.2, 0.25) is 11.2 Å². The van der Waals surface area contributed by atoms with Crippen LogP contribution in [0.1, 0.15) is 16.7 Å². The summed E-state index contributed by atoms with van der Waals surface area (Å²) in [5.41, 5.74) is 3.87.